The number of aliphatic imine (C=N–C) groups is 3. The molecule has 0 aromatic heterocycles. The summed E-state index contributed by atoms with van der Waals surface area (Å²) >= 11 is 0. The van der Waals surface area contributed by atoms with E-state index in [1.807, 2.05) is 6.20 Å². The van der Waals surface area contributed by atoms with Crippen LogP contribution in [-0.4, -0.2) is 48.9 Å². The van der Waals surface area contributed by atoms with Gasteiger partial charge in [0, 0.05) is 79.0 Å². The lowest BCUT2D eigenvalue weighted by atomic mass is 9.60. The highest BCUT2D eigenvalue weighted by atomic mass is 15.0. The van der Waals surface area contributed by atoms with Crippen LogP contribution in [0.4, 0.5) is 0 Å². The van der Waals surface area contributed by atoms with Crippen LogP contribution in [0.5, 0.6) is 0 Å². The molecule has 0 aromatic rings. The number of nitrogens with zero attached hydrogens (tertiary/aromatic N) is 3. The van der Waals surface area contributed by atoms with Crippen LogP contribution < -0.4 is 10.6 Å². The topological polar surface area (TPSA) is 61.1 Å². The number of rotatable bonds is 12. The Morgan fingerprint density at radius 3 is 2.19 bits per heavy atom. The zero-order valence-electron chi connectivity index (χ0n) is 40.8. The molecule has 14 atom stereocenters. The summed E-state index contributed by atoms with van der Waals surface area (Å²) in [6, 6.07) is 1.15. The molecule has 354 valence electrons. The van der Waals surface area contributed by atoms with Crippen molar-refractivity contribution in [3.8, 4) is 0 Å². The highest BCUT2D eigenvalue weighted by Crippen LogP contribution is 2.51. The Morgan fingerprint density at radius 2 is 1.40 bits per heavy atom. The summed E-state index contributed by atoms with van der Waals surface area (Å²) in [7, 11) is 0. The molecule has 2 N–H and O–H groups in total. The van der Waals surface area contributed by atoms with E-state index in [1.165, 1.54) is 155 Å². The third kappa shape index (κ3) is 8.90. The van der Waals surface area contributed by atoms with Crippen LogP contribution in [0.25, 0.3) is 0 Å². The normalized spacial score (nSPS) is 40.6. The Kier molecular flexibility index (Phi) is 12.3. The van der Waals surface area contributed by atoms with Crippen LogP contribution in [0.15, 0.2) is 158 Å². The van der Waals surface area contributed by atoms with Crippen LogP contribution in [-0.2, 0) is 0 Å². The van der Waals surface area contributed by atoms with Gasteiger partial charge in [0.1, 0.15) is 0 Å². The van der Waals surface area contributed by atoms with Crippen molar-refractivity contribution < 1.29 is 0 Å². The summed E-state index contributed by atoms with van der Waals surface area (Å²) in [5, 5.41) is 7.86. The van der Waals surface area contributed by atoms with Crippen molar-refractivity contribution in [1.82, 2.24) is 10.6 Å². The zero-order valence-corrected chi connectivity index (χ0v) is 40.8. The second-order valence-electron chi connectivity index (χ2n) is 23.7. The molecule has 13 aliphatic rings. The molecule has 2 saturated carbocycles. The van der Waals surface area contributed by atoms with E-state index in [9.17, 15) is 0 Å². The van der Waals surface area contributed by atoms with Crippen molar-refractivity contribution in [3.05, 3.63) is 143 Å². The maximum absolute atomic E-state index is 4.87. The van der Waals surface area contributed by atoms with Crippen LogP contribution in [0.1, 0.15) is 122 Å². The minimum Gasteiger partial charge on any atom is -0.378 e. The third-order valence-electron chi connectivity index (χ3n) is 19.9. The van der Waals surface area contributed by atoms with E-state index < -0.39 is 0 Å². The molecule has 0 amide bonds. The molecule has 0 spiro atoms. The number of allylic oxidation sites excluding steroid dienone is 19. The van der Waals surface area contributed by atoms with Crippen LogP contribution in [0, 0.1) is 71.0 Å². The molecule has 68 heavy (non-hydrogen) atoms. The summed E-state index contributed by atoms with van der Waals surface area (Å²) in [6.07, 6.45) is 66.7. The van der Waals surface area contributed by atoms with E-state index >= 15 is 0 Å². The van der Waals surface area contributed by atoms with Crippen molar-refractivity contribution in [2.45, 2.75) is 134 Å². The van der Waals surface area contributed by atoms with Crippen LogP contribution in [0.3, 0.4) is 0 Å². The van der Waals surface area contributed by atoms with Gasteiger partial charge in [-0.25, -0.2) is 0 Å². The minimum atomic E-state index is 0.386. The molecule has 5 heterocycles. The largest absolute Gasteiger partial charge is 0.378 e. The van der Waals surface area contributed by atoms with E-state index in [0.29, 0.717) is 41.5 Å². The molecule has 3 fully saturated rings. The average Bonchev–Trinajstić information content (AvgIpc) is 3.29. The quantitative estimate of drug-likeness (QED) is 0.192. The fourth-order valence-corrected chi connectivity index (χ4v) is 15.6. The van der Waals surface area contributed by atoms with Gasteiger partial charge in [-0.05, 0) is 197 Å². The van der Waals surface area contributed by atoms with Gasteiger partial charge in [0.15, 0.2) is 0 Å². The van der Waals surface area contributed by atoms with E-state index in [0.717, 1.165) is 67.5 Å². The summed E-state index contributed by atoms with van der Waals surface area (Å²) in [4.78, 5) is 14.3. The minimum absolute atomic E-state index is 0.386. The Labute approximate surface area is 408 Å². The van der Waals surface area contributed by atoms with Crippen LogP contribution in [0.2, 0.25) is 0 Å². The van der Waals surface area contributed by atoms with Gasteiger partial charge in [-0.15, -0.1) is 0 Å². The van der Waals surface area contributed by atoms with Crippen molar-refractivity contribution in [3.63, 3.8) is 0 Å². The first-order chi connectivity index (χ1) is 33.6. The monoisotopic (exact) mass is 904 g/mol. The molecule has 13 rings (SSSR count). The lowest BCUT2D eigenvalue weighted by Gasteiger charge is -2.45. The maximum Gasteiger partial charge on any atom is 0.0677 e. The molecule has 5 nitrogen and oxygen atoms in total. The fraction of sp³-hybridized carbons (Fsp3) is 0.571. The van der Waals surface area contributed by atoms with Gasteiger partial charge in [-0.1, -0.05) is 97.1 Å². The SMILES string of the molecule is C1=CC(C2=CC(C3CCCC(C4CCN4)C3)CC(C3=CC(C4C=C(C5=CC(C6CC(C7=CCCC(C8=NCC8)C7)CC(C7CC=CC(C8=NCC8)C7)C6)CC=C5)N4)CC=C3)=C2)CC(C2=NC=C2)=C1. The van der Waals surface area contributed by atoms with Gasteiger partial charge >= 0.3 is 0 Å². The maximum atomic E-state index is 4.87. The second-order valence-corrected chi connectivity index (χ2v) is 23.7. The Balaban J connectivity index is 0.716. The van der Waals surface area contributed by atoms with Gasteiger partial charge < -0.3 is 10.6 Å². The molecule has 5 heteroatoms. The molecule has 5 aliphatic heterocycles. The lowest BCUT2D eigenvalue weighted by molar-refractivity contribution is 0.121. The number of hydrogen-bond donors (Lipinski definition) is 2. The number of hydrogen-bond acceptors (Lipinski definition) is 5. The van der Waals surface area contributed by atoms with E-state index in [-0.39, 0.29) is 0 Å². The summed E-state index contributed by atoms with van der Waals surface area (Å²) < 4.78 is 0. The Hall–Kier alpha value is -4.35. The van der Waals surface area contributed by atoms with Crippen molar-refractivity contribution in [1.29, 1.82) is 0 Å². The Morgan fingerprint density at radius 1 is 0.603 bits per heavy atom. The molecule has 8 aliphatic carbocycles. The summed E-state index contributed by atoms with van der Waals surface area (Å²) in [5.74, 6) is 8.15. The smallest absolute Gasteiger partial charge is 0.0677 e. The van der Waals surface area contributed by atoms with Gasteiger partial charge in [0.2, 0.25) is 0 Å². The van der Waals surface area contributed by atoms with Gasteiger partial charge in [-0.2, -0.15) is 0 Å². The fourth-order valence-electron chi connectivity index (χ4n) is 15.6. The van der Waals surface area contributed by atoms with Crippen molar-refractivity contribution in [2.24, 2.45) is 86.0 Å². The average molecular weight is 904 g/mol. The highest BCUT2D eigenvalue weighted by Gasteiger charge is 2.42. The molecule has 1 saturated heterocycles. The molecular weight excluding hydrogens is 827 g/mol. The highest BCUT2D eigenvalue weighted by molar-refractivity contribution is 6.12. The molecular formula is C63H77N5. The zero-order chi connectivity index (χ0) is 45.0. The van der Waals surface area contributed by atoms with Crippen molar-refractivity contribution in [2.75, 3.05) is 19.6 Å². The van der Waals surface area contributed by atoms with E-state index in [4.69, 9.17) is 9.98 Å². The molecule has 0 aromatic carbocycles. The molecule has 14 unspecified atom stereocenters. The van der Waals surface area contributed by atoms with Crippen LogP contribution >= 0.6 is 0 Å². The predicted molar refractivity (Wildman–Crippen MR) is 283 cm³/mol. The van der Waals surface area contributed by atoms with Crippen molar-refractivity contribution >= 4 is 17.1 Å². The number of nitrogens with one attached hydrogen (secondary N) is 2. The summed E-state index contributed by atoms with van der Waals surface area (Å²) in [6.45, 7) is 3.33. The first-order valence-electron chi connectivity index (χ1n) is 28.1. The standard InChI is InChI=1S/C63H77N5/c1-7-40(27-46(13-1)58-19-23-64-58)52-33-53(41-8-2-14-47(28-41)59-20-24-65-59)36-56(35-52)44-11-5-17-50(31-44)62-39-63(68-62)51-18-6-12-45(32-51)57-37-54(42-9-3-15-48(29-42)60-21-25-66-60)34-55(38-57)43-10-4-16-49(30-43)61-22-26-67-61/h1,3,5-7,10-11,13,15,18-19,23,31-33,35,39-42,45,47-50,53-55,57,59,62,65,68H,2,4,8-9,12,14,16-17,20-22,24-30,34,36-38H2. The Bertz CT molecular complexity index is 2480. The third-order valence-corrected chi connectivity index (χ3v) is 19.9. The van der Waals surface area contributed by atoms with Gasteiger partial charge in [-0.3, -0.25) is 15.0 Å². The van der Waals surface area contributed by atoms with E-state index in [1.54, 1.807) is 16.7 Å². The first-order valence-corrected chi connectivity index (χ1v) is 28.1. The molecule has 0 radical (unpaired) electrons. The van der Waals surface area contributed by atoms with Gasteiger partial charge in [0.25, 0.3) is 0 Å². The first kappa shape index (κ1) is 43.7. The predicted octanol–water partition coefficient (Wildman–Crippen LogP) is 13.4. The molecule has 0 bridgehead atoms. The summed E-state index contributed by atoms with van der Waals surface area (Å²) in [5.41, 5.74) is 14.8. The lowest BCUT2D eigenvalue weighted by Crippen LogP contribution is -2.49. The van der Waals surface area contributed by atoms with E-state index in [2.05, 4.69) is 113 Å². The second kappa shape index (κ2) is 19.1. The van der Waals surface area contributed by atoms with Gasteiger partial charge in [0.05, 0.1) is 11.8 Å².